The summed E-state index contributed by atoms with van der Waals surface area (Å²) in [5, 5.41) is 0. The van der Waals surface area contributed by atoms with E-state index in [1.165, 1.54) is 14.2 Å². The molecule has 1 rings (SSSR count). The van der Waals surface area contributed by atoms with Gasteiger partial charge in [0.25, 0.3) is 0 Å². The van der Waals surface area contributed by atoms with E-state index >= 15 is 0 Å². The van der Waals surface area contributed by atoms with Gasteiger partial charge in [0.15, 0.2) is 5.79 Å². The molecule has 0 spiro atoms. The molecule has 5 nitrogen and oxygen atoms in total. The Morgan fingerprint density at radius 3 is 2.40 bits per heavy atom. The Morgan fingerprint density at radius 2 is 2.00 bits per heavy atom. The van der Waals surface area contributed by atoms with Gasteiger partial charge in [0, 0.05) is 14.2 Å². The van der Waals surface area contributed by atoms with Crippen LogP contribution >= 0.6 is 6.72 Å². The summed E-state index contributed by atoms with van der Waals surface area (Å²) >= 11 is 5.04. The van der Waals surface area contributed by atoms with Gasteiger partial charge in [-0.15, -0.1) is 0 Å². The Labute approximate surface area is 95.2 Å². The van der Waals surface area contributed by atoms with Crippen molar-refractivity contribution in [2.75, 3.05) is 27.4 Å². The molecule has 0 amide bonds. The molecule has 1 unspecified atom stereocenters. The summed E-state index contributed by atoms with van der Waals surface area (Å²) < 4.78 is 26.3. The van der Waals surface area contributed by atoms with Crippen LogP contribution in [0.5, 0.6) is 0 Å². The second-order valence-electron chi connectivity index (χ2n) is 3.56. The number of rotatable bonds is 5. The van der Waals surface area contributed by atoms with Crippen LogP contribution in [-0.2, 0) is 34.9 Å². The highest BCUT2D eigenvalue weighted by Crippen LogP contribution is 2.48. The molecule has 1 fully saturated rings. The molecule has 0 aromatic rings. The molecule has 1 aliphatic rings. The van der Waals surface area contributed by atoms with E-state index in [-0.39, 0.29) is 6.10 Å². The van der Waals surface area contributed by atoms with Gasteiger partial charge in [0.2, 0.25) is 0 Å². The van der Waals surface area contributed by atoms with Gasteiger partial charge in [-0.3, -0.25) is 0 Å². The van der Waals surface area contributed by atoms with Crippen molar-refractivity contribution in [3.8, 4) is 0 Å². The summed E-state index contributed by atoms with van der Waals surface area (Å²) in [6, 6.07) is 0. The van der Waals surface area contributed by atoms with Gasteiger partial charge in [-0.2, -0.15) is 0 Å². The minimum Gasteiger partial charge on any atom is -0.348 e. The van der Waals surface area contributed by atoms with Gasteiger partial charge in [-0.25, -0.2) is 0 Å². The van der Waals surface area contributed by atoms with E-state index in [1.54, 1.807) is 0 Å². The van der Waals surface area contributed by atoms with Crippen molar-refractivity contribution in [3.63, 3.8) is 0 Å². The fraction of sp³-hybridized carbons (Fsp3) is 1.00. The zero-order valence-corrected chi connectivity index (χ0v) is 11.1. The van der Waals surface area contributed by atoms with E-state index in [1.807, 2.05) is 13.8 Å². The lowest BCUT2D eigenvalue weighted by Crippen LogP contribution is -2.23. The predicted octanol–water partition coefficient (Wildman–Crippen LogP) is 1.67. The highest BCUT2D eigenvalue weighted by Gasteiger charge is 2.34. The average Bonchev–Trinajstić information content (AvgIpc) is 2.55. The first-order valence-electron chi connectivity index (χ1n) is 4.58. The van der Waals surface area contributed by atoms with E-state index in [0.717, 1.165) is 0 Å². The molecule has 0 aliphatic carbocycles. The number of ether oxygens (including phenoxy) is 2. The monoisotopic (exact) mass is 256 g/mol. The van der Waals surface area contributed by atoms with Crippen molar-refractivity contribution in [3.05, 3.63) is 0 Å². The van der Waals surface area contributed by atoms with Gasteiger partial charge in [-0.05, 0) is 25.7 Å². The largest absolute Gasteiger partial charge is 0.348 e. The fourth-order valence-electron chi connectivity index (χ4n) is 1.20. The molecule has 1 saturated heterocycles. The molecule has 0 N–H and O–H groups in total. The lowest BCUT2D eigenvalue weighted by molar-refractivity contribution is -0.141. The van der Waals surface area contributed by atoms with E-state index in [0.29, 0.717) is 13.2 Å². The van der Waals surface area contributed by atoms with E-state index < -0.39 is 12.5 Å². The molecule has 0 saturated carbocycles. The lowest BCUT2D eigenvalue weighted by atomic mass is 10.4. The summed E-state index contributed by atoms with van der Waals surface area (Å²) in [6.07, 6.45) is -0.118. The Balaban J connectivity index is 2.36. The number of hydrogen-bond acceptors (Lipinski definition) is 6. The van der Waals surface area contributed by atoms with Crippen LogP contribution in [0.2, 0.25) is 0 Å². The third kappa shape index (κ3) is 4.07. The third-order valence-electron chi connectivity index (χ3n) is 1.93. The van der Waals surface area contributed by atoms with Gasteiger partial charge in [0.1, 0.15) is 6.10 Å². The normalized spacial score (nSPS) is 25.7. The molecule has 1 aliphatic heterocycles. The van der Waals surface area contributed by atoms with Crippen LogP contribution in [0.4, 0.5) is 0 Å². The smallest absolute Gasteiger partial charge is 0.326 e. The van der Waals surface area contributed by atoms with Crippen molar-refractivity contribution < 1.29 is 23.0 Å². The zero-order valence-electron chi connectivity index (χ0n) is 9.39. The first kappa shape index (κ1) is 13.5. The molecule has 0 bridgehead atoms. The molecule has 0 aromatic heterocycles. The molecule has 0 aromatic carbocycles. The molecular formula is C8H17O5PS. The summed E-state index contributed by atoms with van der Waals surface area (Å²) in [7, 11) is 2.94. The molecule has 1 atom stereocenters. The average molecular weight is 256 g/mol. The van der Waals surface area contributed by atoms with Crippen LogP contribution < -0.4 is 0 Å². The highest BCUT2D eigenvalue weighted by atomic mass is 32.5. The minimum absolute atomic E-state index is 0.118. The summed E-state index contributed by atoms with van der Waals surface area (Å²) in [4.78, 5) is 0. The summed E-state index contributed by atoms with van der Waals surface area (Å²) in [6.45, 7) is 1.95. The minimum atomic E-state index is -2.58. The van der Waals surface area contributed by atoms with Crippen LogP contribution in [0.15, 0.2) is 0 Å². The van der Waals surface area contributed by atoms with Gasteiger partial charge >= 0.3 is 6.72 Å². The van der Waals surface area contributed by atoms with Crippen molar-refractivity contribution in [2.24, 2.45) is 0 Å². The van der Waals surface area contributed by atoms with Crippen LogP contribution in [0.1, 0.15) is 13.8 Å². The van der Waals surface area contributed by atoms with Gasteiger partial charge in [-0.1, -0.05) is 0 Å². The van der Waals surface area contributed by atoms with Crippen molar-refractivity contribution >= 4 is 18.5 Å². The maximum atomic E-state index is 5.55. The molecule has 15 heavy (non-hydrogen) atoms. The van der Waals surface area contributed by atoms with E-state index in [2.05, 4.69) is 0 Å². The Bertz CT molecular complexity index is 249. The first-order valence-corrected chi connectivity index (χ1v) is 7.14. The fourth-order valence-corrected chi connectivity index (χ4v) is 2.09. The van der Waals surface area contributed by atoms with E-state index in [4.69, 9.17) is 34.9 Å². The molecule has 1 heterocycles. The third-order valence-corrected chi connectivity index (χ3v) is 4.50. The van der Waals surface area contributed by atoms with Gasteiger partial charge < -0.3 is 23.0 Å². The lowest BCUT2D eigenvalue weighted by Gasteiger charge is -2.20. The SMILES string of the molecule is COP(=S)(OC)OCC1COC(C)(C)O1. The topological polar surface area (TPSA) is 46.2 Å². The Kier molecular flexibility index (Phi) is 4.67. The van der Waals surface area contributed by atoms with Crippen LogP contribution in [-0.4, -0.2) is 39.3 Å². The standard InChI is InChI=1S/C8H17O5PS/c1-8(2)11-5-7(13-8)6-12-14(15,9-3)10-4/h7H,5-6H2,1-4H3. The van der Waals surface area contributed by atoms with Crippen LogP contribution in [0.3, 0.4) is 0 Å². The molecule has 7 heteroatoms. The molecule has 0 radical (unpaired) electrons. The van der Waals surface area contributed by atoms with Crippen LogP contribution in [0.25, 0.3) is 0 Å². The van der Waals surface area contributed by atoms with Gasteiger partial charge in [0.05, 0.1) is 13.2 Å². The van der Waals surface area contributed by atoms with E-state index in [9.17, 15) is 0 Å². The molecule has 90 valence electrons. The molecular weight excluding hydrogens is 239 g/mol. The first-order chi connectivity index (χ1) is 6.91. The Morgan fingerprint density at radius 1 is 1.40 bits per heavy atom. The quantitative estimate of drug-likeness (QED) is 0.697. The second kappa shape index (κ2) is 5.19. The summed E-state index contributed by atoms with van der Waals surface area (Å²) in [5.41, 5.74) is 0. The van der Waals surface area contributed by atoms with Crippen molar-refractivity contribution in [1.29, 1.82) is 0 Å². The Hall–Kier alpha value is 0.450. The van der Waals surface area contributed by atoms with Crippen molar-refractivity contribution in [1.82, 2.24) is 0 Å². The second-order valence-corrected chi connectivity index (χ2v) is 6.78. The predicted molar refractivity (Wildman–Crippen MR) is 59.2 cm³/mol. The summed E-state index contributed by atoms with van der Waals surface area (Å²) in [5.74, 6) is -0.545. The highest BCUT2D eigenvalue weighted by molar-refractivity contribution is 8.07. The van der Waals surface area contributed by atoms with Crippen LogP contribution in [0, 0.1) is 0 Å². The maximum Gasteiger partial charge on any atom is 0.326 e. The zero-order chi connectivity index (χ0) is 11.5. The number of hydrogen-bond donors (Lipinski definition) is 0. The maximum absolute atomic E-state index is 5.55. The van der Waals surface area contributed by atoms with Crippen molar-refractivity contribution in [2.45, 2.75) is 25.7 Å².